The highest BCUT2D eigenvalue weighted by Gasteiger charge is 2.32. The second-order valence-corrected chi connectivity index (χ2v) is 4.68. The van der Waals surface area contributed by atoms with Gasteiger partial charge in [-0.3, -0.25) is 0 Å². The minimum absolute atomic E-state index is 0.241. The van der Waals surface area contributed by atoms with Crippen molar-refractivity contribution in [2.24, 2.45) is 0 Å². The molecule has 0 spiro atoms. The average molecular weight is 247 g/mol. The van der Waals surface area contributed by atoms with E-state index in [1.165, 1.54) is 5.56 Å². The fourth-order valence-corrected chi connectivity index (χ4v) is 2.18. The van der Waals surface area contributed by atoms with Gasteiger partial charge in [-0.1, -0.05) is 36.4 Å². The van der Waals surface area contributed by atoms with Gasteiger partial charge < -0.3 is 14.8 Å². The van der Waals surface area contributed by atoms with E-state index in [2.05, 4.69) is 24.0 Å². The Balaban J connectivity index is 1.84. The third-order valence-electron chi connectivity index (χ3n) is 3.13. The molecule has 1 aliphatic rings. The molecule has 1 fully saturated rings. The van der Waals surface area contributed by atoms with Gasteiger partial charge >= 0.3 is 0 Å². The van der Waals surface area contributed by atoms with Gasteiger partial charge in [-0.2, -0.15) is 0 Å². The zero-order valence-corrected chi connectivity index (χ0v) is 10.7. The molecule has 0 amide bonds. The number of morpholine rings is 1. The lowest BCUT2D eigenvalue weighted by Crippen LogP contribution is -2.52. The zero-order chi connectivity index (χ0) is 12.7. The minimum atomic E-state index is -0.241. The van der Waals surface area contributed by atoms with E-state index in [1.54, 1.807) is 0 Å². The van der Waals surface area contributed by atoms with Gasteiger partial charge in [0.2, 0.25) is 0 Å². The highest BCUT2D eigenvalue weighted by molar-refractivity contribution is 5.13. The Morgan fingerprint density at radius 1 is 1.39 bits per heavy atom. The lowest BCUT2D eigenvalue weighted by Gasteiger charge is -2.36. The van der Waals surface area contributed by atoms with Crippen LogP contribution in [0.15, 0.2) is 43.0 Å². The maximum Gasteiger partial charge on any atom is 0.107 e. The highest BCUT2D eigenvalue weighted by atomic mass is 16.5. The molecule has 3 heteroatoms. The molecule has 0 aliphatic carbocycles. The van der Waals surface area contributed by atoms with Gasteiger partial charge in [-0.15, -0.1) is 6.58 Å². The van der Waals surface area contributed by atoms with Gasteiger partial charge in [0.15, 0.2) is 0 Å². The molecular weight excluding hydrogens is 226 g/mol. The standard InChI is InChI=1S/C15H21NO2/c1-2-8-15(12-16-9-10-18-15)13-17-11-14-6-4-3-5-7-14/h2-7,16H,1,8-13H2/t15-/m0/s1. The van der Waals surface area contributed by atoms with Crippen molar-refractivity contribution in [2.75, 3.05) is 26.3 Å². The number of rotatable bonds is 6. The molecule has 1 atom stereocenters. The van der Waals surface area contributed by atoms with Gasteiger partial charge in [0.1, 0.15) is 5.60 Å². The first-order chi connectivity index (χ1) is 8.85. The summed E-state index contributed by atoms with van der Waals surface area (Å²) in [5.41, 5.74) is 0.949. The first-order valence-corrected chi connectivity index (χ1v) is 6.42. The van der Waals surface area contributed by atoms with E-state index in [0.29, 0.717) is 13.2 Å². The first kappa shape index (κ1) is 13.3. The van der Waals surface area contributed by atoms with Crippen molar-refractivity contribution < 1.29 is 9.47 Å². The number of hydrogen-bond acceptors (Lipinski definition) is 3. The smallest absolute Gasteiger partial charge is 0.107 e. The second kappa shape index (κ2) is 6.69. The number of nitrogens with one attached hydrogen (secondary N) is 1. The monoisotopic (exact) mass is 247 g/mol. The highest BCUT2D eigenvalue weighted by Crippen LogP contribution is 2.19. The summed E-state index contributed by atoms with van der Waals surface area (Å²) in [5, 5.41) is 3.36. The normalized spacial score (nSPS) is 23.8. The Morgan fingerprint density at radius 3 is 2.89 bits per heavy atom. The number of ether oxygens (including phenoxy) is 2. The molecule has 98 valence electrons. The molecule has 18 heavy (non-hydrogen) atoms. The van der Waals surface area contributed by atoms with E-state index in [1.807, 2.05) is 24.3 Å². The number of benzene rings is 1. The summed E-state index contributed by atoms with van der Waals surface area (Å²) in [6, 6.07) is 10.2. The van der Waals surface area contributed by atoms with Crippen molar-refractivity contribution in [1.82, 2.24) is 5.32 Å². The molecule has 1 saturated heterocycles. The van der Waals surface area contributed by atoms with Gasteiger partial charge in [-0.05, 0) is 12.0 Å². The summed E-state index contributed by atoms with van der Waals surface area (Å²) >= 11 is 0. The fourth-order valence-electron chi connectivity index (χ4n) is 2.18. The summed E-state index contributed by atoms with van der Waals surface area (Å²) in [5.74, 6) is 0. The van der Waals surface area contributed by atoms with E-state index in [9.17, 15) is 0 Å². The van der Waals surface area contributed by atoms with E-state index in [0.717, 1.165) is 26.1 Å². The van der Waals surface area contributed by atoms with Crippen LogP contribution in [-0.2, 0) is 16.1 Å². The molecule has 1 N–H and O–H groups in total. The molecule has 1 aliphatic heterocycles. The molecule has 0 bridgehead atoms. The molecule has 3 nitrogen and oxygen atoms in total. The quantitative estimate of drug-likeness (QED) is 0.781. The van der Waals surface area contributed by atoms with Crippen LogP contribution in [0.3, 0.4) is 0 Å². The van der Waals surface area contributed by atoms with Crippen molar-refractivity contribution in [3.63, 3.8) is 0 Å². The Bertz CT molecular complexity index is 358. The summed E-state index contributed by atoms with van der Waals surface area (Å²) < 4.78 is 11.7. The molecule has 1 aromatic rings. The fraction of sp³-hybridized carbons (Fsp3) is 0.467. The second-order valence-electron chi connectivity index (χ2n) is 4.68. The molecule has 0 unspecified atom stereocenters. The summed E-state index contributed by atoms with van der Waals surface area (Å²) in [7, 11) is 0. The summed E-state index contributed by atoms with van der Waals surface area (Å²) in [6.07, 6.45) is 2.72. The SMILES string of the molecule is C=CC[C@@]1(COCc2ccccc2)CNCCO1. The third kappa shape index (κ3) is 3.67. The van der Waals surface area contributed by atoms with Crippen molar-refractivity contribution >= 4 is 0 Å². The molecule has 1 aromatic carbocycles. The maximum atomic E-state index is 5.89. The van der Waals surface area contributed by atoms with Crippen LogP contribution in [0.1, 0.15) is 12.0 Å². The van der Waals surface area contributed by atoms with Crippen molar-refractivity contribution in [1.29, 1.82) is 0 Å². The molecular formula is C15H21NO2. The van der Waals surface area contributed by atoms with Crippen LogP contribution in [0.4, 0.5) is 0 Å². The van der Waals surface area contributed by atoms with Crippen molar-refractivity contribution in [3.05, 3.63) is 48.6 Å². The largest absolute Gasteiger partial charge is 0.374 e. The lowest BCUT2D eigenvalue weighted by atomic mass is 9.99. The molecule has 0 aromatic heterocycles. The van der Waals surface area contributed by atoms with Crippen LogP contribution < -0.4 is 5.32 Å². The Morgan fingerprint density at radius 2 is 2.22 bits per heavy atom. The Labute approximate surface area is 109 Å². The average Bonchev–Trinajstić information content (AvgIpc) is 2.41. The lowest BCUT2D eigenvalue weighted by molar-refractivity contribution is -0.113. The molecule has 0 radical (unpaired) electrons. The van der Waals surface area contributed by atoms with Crippen LogP contribution in [0.25, 0.3) is 0 Å². The van der Waals surface area contributed by atoms with Gasteiger partial charge in [-0.25, -0.2) is 0 Å². The summed E-state index contributed by atoms with van der Waals surface area (Å²) in [6.45, 7) is 7.51. The minimum Gasteiger partial charge on any atom is -0.374 e. The van der Waals surface area contributed by atoms with E-state index >= 15 is 0 Å². The van der Waals surface area contributed by atoms with Gasteiger partial charge in [0, 0.05) is 13.1 Å². The molecule has 1 heterocycles. The van der Waals surface area contributed by atoms with Gasteiger partial charge in [0.05, 0.1) is 19.8 Å². The topological polar surface area (TPSA) is 30.5 Å². The zero-order valence-electron chi connectivity index (χ0n) is 10.7. The van der Waals surface area contributed by atoms with E-state index in [-0.39, 0.29) is 5.60 Å². The van der Waals surface area contributed by atoms with E-state index < -0.39 is 0 Å². The van der Waals surface area contributed by atoms with E-state index in [4.69, 9.17) is 9.47 Å². The van der Waals surface area contributed by atoms with Crippen LogP contribution in [-0.4, -0.2) is 31.9 Å². The van der Waals surface area contributed by atoms with Crippen LogP contribution in [0.5, 0.6) is 0 Å². The predicted octanol–water partition coefficient (Wildman–Crippen LogP) is 2.14. The van der Waals surface area contributed by atoms with Crippen LogP contribution >= 0.6 is 0 Å². The molecule has 0 saturated carbocycles. The molecule has 2 rings (SSSR count). The van der Waals surface area contributed by atoms with Crippen LogP contribution in [0, 0.1) is 0 Å². The summed E-state index contributed by atoms with van der Waals surface area (Å²) in [4.78, 5) is 0. The Hall–Kier alpha value is -1.16. The van der Waals surface area contributed by atoms with Crippen LogP contribution in [0.2, 0.25) is 0 Å². The third-order valence-corrected chi connectivity index (χ3v) is 3.13. The number of hydrogen-bond donors (Lipinski definition) is 1. The van der Waals surface area contributed by atoms with Crippen molar-refractivity contribution in [2.45, 2.75) is 18.6 Å². The maximum absolute atomic E-state index is 5.89. The van der Waals surface area contributed by atoms with Crippen molar-refractivity contribution in [3.8, 4) is 0 Å². The first-order valence-electron chi connectivity index (χ1n) is 6.42. The Kier molecular flexibility index (Phi) is 4.93. The van der Waals surface area contributed by atoms with Gasteiger partial charge in [0.25, 0.3) is 0 Å². The predicted molar refractivity (Wildman–Crippen MR) is 72.5 cm³/mol.